The Hall–Kier alpha value is -2.79. The fourth-order valence-electron chi connectivity index (χ4n) is 3.64. The van der Waals surface area contributed by atoms with Gasteiger partial charge in [-0.3, -0.25) is 14.4 Å². The molecule has 1 aromatic carbocycles. The summed E-state index contributed by atoms with van der Waals surface area (Å²) in [6.07, 6.45) is 3.27. The van der Waals surface area contributed by atoms with E-state index in [9.17, 15) is 29.4 Å². The molecule has 208 valence electrons. The average molecular weight is 539 g/mol. The fraction of sp³-hybridized carbons (Fsp3) is 0.615. The number of aromatic hydroxyl groups is 1. The van der Waals surface area contributed by atoms with Crippen molar-refractivity contribution in [3.8, 4) is 5.75 Å². The number of aliphatic carboxylic acids is 1. The minimum absolute atomic E-state index is 0.0213. The van der Waals surface area contributed by atoms with E-state index in [0.717, 1.165) is 0 Å². The summed E-state index contributed by atoms with van der Waals surface area (Å²) >= 11 is 1.55. The second kappa shape index (κ2) is 16.1. The molecular formula is C26H42N4O6S. The first-order valence-electron chi connectivity index (χ1n) is 12.6. The third kappa shape index (κ3) is 11.4. The summed E-state index contributed by atoms with van der Waals surface area (Å²) in [7, 11) is 0. The molecular weight excluding hydrogens is 496 g/mol. The Bertz CT molecular complexity index is 896. The SMILES string of the molecule is CCC(C)C(NC(=O)C(CC(C)C)NC(=O)C(Cc1ccc(O)cc1)NC(=O)C(N)CCSC)C(=O)O. The van der Waals surface area contributed by atoms with Crippen LogP contribution in [0.4, 0.5) is 0 Å². The van der Waals surface area contributed by atoms with Crippen LogP contribution in [0.1, 0.15) is 52.5 Å². The third-order valence-electron chi connectivity index (χ3n) is 6.10. The predicted octanol–water partition coefficient (Wildman–Crippen LogP) is 1.65. The van der Waals surface area contributed by atoms with Crippen molar-refractivity contribution >= 4 is 35.5 Å². The van der Waals surface area contributed by atoms with E-state index < -0.39 is 47.9 Å². The summed E-state index contributed by atoms with van der Waals surface area (Å²) in [4.78, 5) is 50.9. The van der Waals surface area contributed by atoms with Crippen LogP contribution in [0.5, 0.6) is 5.75 Å². The zero-order chi connectivity index (χ0) is 28.1. The second-order valence-electron chi connectivity index (χ2n) is 9.72. The van der Waals surface area contributed by atoms with Crippen LogP contribution >= 0.6 is 11.8 Å². The minimum atomic E-state index is -1.14. The number of benzene rings is 1. The zero-order valence-electron chi connectivity index (χ0n) is 22.3. The van der Waals surface area contributed by atoms with Crippen molar-refractivity contribution in [3.05, 3.63) is 29.8 Å². The van der Waals surface area contributed by atoms with Crippen LogP contribution in [0.15, 0.2) is 24.3 Å². The van der Waals surface area contributed by atoms with Gasteiger partial charge in [0.15, 0.2) is 0 Å². The lowest BCUT2D eigenvalue weighted by Crippen LogP contribution is -2.58. The highest BCUT2D eigenvalue weighted by molar-refractivity contribution is 7.98. The summed E-state index contributed by atoms with van der Waals surface area (Å²) in [6.45, 7) is 7.34. The minimum Gasteiger partial charge on any atom is -0.508 e. The number of phenols is 1. The quantitative estimate of drug-likeness (QED) is 0.184. The Kier molecular flexibility index (Phi) is 14.1. The lowest BCUT2D eigenvalue weighted by molar-refractivity contribution is -0.144. The zero-order valence-corrected chi connectivity index (χ0v) is 23.1. The van der Waals surface area contributed by atoms with Crippen LogP contribution in [-0.2, 0) is 25.6 Å². The van der Waals surface area contributed by atoms with Gasteiger partial charge in [-0.05, 0) is 54.4 Å². The normalized spacial score (nSPS) is 15.2. The molecule has 0 bridgehead atoms. The largest absolute Gasteiger partial charge is 0.508 e. The molecule has 0 aliphatic heterocycles. The molecule has 0 radical (unpaired) electrons. The molecule has 0 saturated carbocycles. The van der Waals surface area contributed by atoms with E-state index in [-0.39, 0.29) is 30.4 Å². The van der Waals surface area contributed by atoms with Gasteiger partial charge < -0.3 is 31.9 Å². The van der Waals surface area contributed by atoms with Gasteiger partial charge in [0.05, 0.1) is 6.04 Å². The van der Waals surface area contributed by atoms with E-state index in [2.05, 4.69) is 16.0 Å². The molecule has 7 N–H and O–H groups in total. The molecule has 5 atom stereocenters. The maximum atomic E-state index is 13.4. The predicted molar refractivity (Wildman–Crippen MR) is 145 cm³/mol. The summed E-state index contributed by atoms with van der Waals surface area (Å²) in [6, 6.07) is 2.30. The number of thioether (sulfide) groups is 1. The van der Waals surface area contributed by atoms with E-state index in [1.807, 2.05) is 27.0 Å². The number of carbonyl (C=O) groups excluding carboxylic acids is 3. The first-order valence-corrected chi connectivity index (χ1v) is 13.9. The Morgan fingerprint density at radius 1 is 0.946 bits per heavy atom. The number of nitrogens with one attached hydrogen (secondary N) is 3. The lowest BCUT2D eigenvalue weighted by Gasteiger charge is -2.27. The first kappa shape index (κ1) is 32.2. The molecule has 11 heteroatoms. The highest BCUT2D eigenvalue weighted by Gasteiger charge is 2.32. The number of amides is 3. The Morgan fingerprint density at radius 3 is 2.03 bits per heavy atom. The molecule has 0 aliphatic rings. The van der Waals surface area contributed by atoms with Crippen molar-refractivity contribution in [2.24, 2.45) is 17.6 Å². The molecule has 5 unspecified atom stereocenters. The van der Waals surface area contributed by atoms with Crippen LogP contribution in [0.25, 0.3) is 0 Å². The van der Waals surface area contributed by atoms with E-state index in [4.69, 9.17) is 5.73 Å². The summed E-state index contributed by atoms with van der Waals surface area (Å²) in [5.41, 5.74) is 6.68. The number of phenolic OH excluding ortho intramolecular Hbond substituents is 1. The Morgan fingerprint density at radius 2 is 1.51 bits per heavy atom. The van der Waals surface area contributed by atoms with Crippen molar-refractivity contribution in [1.82, 2.24) is 16.0 Å². The summed E-state index contributed by atoms with van der Waals surface area (Å²) < 4.78 is 0. The van der Waals surface area contributed by atoms with Gasteiger partial charge in [-0.25, -0.2) is 4.79 Å². The summed E-state index contributed by atoms with van der Waals surface area (Å²) in [5, 5.41) is 27.1. The average Bonchev–Trinajstić information content (AvgIpc) is 2.84. The smallest absolute Gasteiger partial charge is 0.326 e. The molecule has 10 nitrogen and oxygen atoms in total. The molecule has 1 aromatic rings. The van der Waals surface area contributed by atoms with Crippen molar-refractivity contribution in [3.63, 3.8) is 0 Å². The van der Waals surface area contributed by atoms with Gasteiger partial charge >= 0.3 is 5.97 Å². The number of rotatable bonds is 16. The lowest BCUT2D eigenvalue weighted by atomic mass is 9.97. The van der Waals surface area contributed by atoms with E-state index in [1.165, 1.54) is 12.1 Å². The number of nitrogens with two attached hydrogens (primary N) is 1. The molecule has 37 heavy (non-hydrogen) atoms. The molecule has 0 aromatic heterocycles. The number of carbonyl (C=O) groups is 4. The fourth-order valence-corrected chi connectivity index (χ4v) is 4.13. The van der Waals surface area contributed by atoms with Gasteiger partial charge in [-0.2, -0.15) is 11.8 Å². The van der Waals surface area contributed by atoms with E-state index in [0.29, 0.717) is 24.2 Å². The van der Waals surface area contributed by atoms with Crippen molar-refractivity contribution < 1.29 is 29.4 Å². The molecule has 3 amide bonds. The second-order valence-corrected chi connectivity index (χ2v) is 10.7. The Labute approximate surface area is 223 Å². The standard InChI is InChI=1S/C26H42N4O6S/c1-6-16(4)22(26(35)36)30-25(34)20(13-15(2)3)29-24(33)21(14-17-7-9-18(31)10-8-17)28-23(32)19(27)11-12-37-5/h7-10,15-16,19-22,31H,6,11-14,27H2,1-5H3,(H,28,32)(H,29,33)(H,30,34)(H,35,36). The van der Waals surface area contributed by atoms with Gasteiger partial charge in [0.1, 0.15) is 23.9 Å². The van der Waals surface area contributed by atoms with E-state index >= 15 is 0 Å². The molecule has 0 aliphatic carbocycles. The molecule has 0 fully saturated rings. The molecule has 0 heterocycles. The van der Waals surface area contributed by atoms with Crippen molar-refractivity contribution in [1.29, 1.82) is 0 Å². The van der Waals surface area contributed by atoms with Gasteiger partial charge in [-0.15, -0.1) is 0 Å². The monoisotopic (exact) mass is 538 g/mol. The van der Waals surface area contributed by atoms with Crippen LogP contribution in [0, 0.1) is 11.8 Å². The molecule has 1 rings (SSSR count). The highest BCUT2D eigenvalue weighted by Crippen LogP contribution is 2.14. The molecule has 0 saturated heterocycles. The number of hydrogen-bond acceptors (Lipinski definition) is 7. The van der Waals surface area contributed by atoms with Gasteiger partial charge in [0.25, 0.3) is 0 Å². The maximum Gasteiger partial charge on any atom is 0.326 e. The van der Waals surface area contributed by atoms with Gasteiger partial charge in [0.2, 0.25) is 17.7 Å². The topological polar surface area (TPSA) is 171 Å². The number of carboxylic acids is 1. The highest BCUT2D eigenvalue weighted by atomic mass is 32.2. The van der Waals surface area contributed by atoms with Gasteiger partial charge in [-0.1, -0.05) is 46.2 Å². The van der Waals surface area contributed by atoms with Crippen molar-refractivity contribution in [2.45, 2.75) is 77.5 Å². The third-order valence-corrected chi connectivity index (χ3v) is 6.74. The summed E-state index contributed by atoms with van der Waals surface area (Å²) in [5.74, 6) is -2.35. The van der Waals surface area contributed by atoms with Crippen LogP contribution in [-0.4, -0.2) is 70.1 Å². The number of carboxylic acid groups (broad SMARTS) is 1. The van der Waals surface area contributed by atoms with Crippen LogP contribution in [0.3, 0.4) is 0 Å². The number of hydrogen-bond donors (Lipinski definition) is 6. The Balaban J connectivity index is 3.14. The molecule has 0 spiro atoms. The van der Waals surface area contributed by atoms with Crippen LogP contribution in [0.2, 0.25) is 0 Å². The van der Waals surface area contributed by atoms with Crippen LogP contribution < -0.4 is 21.7 Å². The maximum absolute atomic E-state index is 13.4. The van der Waals surface area contributed by atoms with E-state index in [1.54, 1.807) is 30.8 Å². The first-order chi connectivity index (χ1) is 17.4. The van der Waals surface area contributed by atoms with Crippen molar-refractivity contribution in [2.75, 3.05) is 12.0 Å². The van der Waals surface area contributed by atoms with Gasteiger partial charge in [0, 0.05) is 6.42 Å².